The number of fused-ring (bicyclic) bond motifs is 1. The van der Waals surface area contributed by atoms with E-state index in [0.717, 1.165) is 37.1 Å². The minimum absolute atomic E-state index is 0.0120. The van der Waals surface area contributed by atoms with E-state index >= 15 is 0 Å². The second kappa shape index (κ2) is 5.48. The molecule has 0 unspecified atom stereocenters. The van der Waals surface area contributed by atoms with Crippen molar-refractivity contribution in [3.05, 3.63) is 53.1 Å². The van der Waals surface area contributed by atoms with Gasteiger partial charge < -0.3 is 9.88 Å². The molecule has 1 saturated carbocycles. The second-order valence-electron chi connectivity index (χ2n) is 6.91. The fourth-order valence-corrected chi connectivity index (χ4v) is 3.65. The van der Waals surface area contributed by atoms with E-state index < -0.39 is 0 Å². The van der Waals surface area contributed by atoms with Gasteiger partial charge in [0, 0.05) is 18.4 Å². The van der Waals surface area contributed by atoms with E-state index in [2.05, 4.69) is 20.9 Å². The zero-order valence-electron chi connectivity index (χ0n) is 13.7. The maximum atomic E-state index is 12.8. The lowest BCUT2D eigenvalue weighted by Gasteiger charge is -2.27. The van der Waals surface area contributed by atoms with Crippen LogP contribution in [0.3, 0.4) is 0 Å². The number of carbonyl (C=O) groups is 1. The Hall–Kier alpha value is -2.61. The highest BCUT2D eigenvalue weighted by atomic mass is 16.2. The lowest BCUT2D eigenvalue weighted by molar-refractivity contribution is -0.127. The van der Waals surface area contributed by atoms with E-state index in [9.17, 15) is 4.79 Å². The van der Waals surface area contributed by atoms with Crippen LogP contribution in [-0.2, 0) is 23.3 Å². The van der Waals surface area contributed by atoms with Crippen molar-refractivity contribution in [2.45, 2.75) is 44.7 Å². The molecular weight excluding hydrogens is 300 g/mol. The maximum Gasteiger partial charge on any atom is 0.225 e. The molecule has 24 heavy (non-hydrogen) atoms. The number of benzene rings is 1. The van der Waals surface area contributed by atoms with Gasteiger partial charge in [-0.3, -0.25) is 4.79 Å². The smallest absolute Gasteiger partial charge is 0.225 e. The molecule has 0 radical (unpaired) electrons. The monoisotopic (exact) mass is 320 g/mol. The minimum Gasteiger partial charge on any atom is -0.346 e. The number of nitrogens with zero attached hydrogens (tertiary/aromatic N) is 3. The summed E-state index contributed by atoms with van der Waals surface area (Å²) in [5, 5.41) is 12.4. The van der Waals surface area contributed by atoms with Crippen LogP contribution in [0.25, 0.3) is 0 Å². The lowest BCUT2D eigenvalue weighted by Crippen LogP contribution is -2.42. The Morgan fingerprint density at radius 1 is 1.46 bits per heavy atom. The summed E-state index contributed by atoms with van der Waals surface area (Å²) < 4.78 is 2.16. The molecule has 1 amide bonds. The predicted octanol–water partition coefficient (Wildman–Crippen LogP) is 2.43. The molecule has 2 heterocycles. The first-order valence-corrected chi connectivity index (χ1v) is 8.45. The summed E-state index contributed by atoms with van der Waals surface area (Å²) >= 11 is 0. The number of imidazole rings is 1. The summed E-state index contributed by atoms with van der Waals surface area (Å²) in [6.07, 6.45) is 5.56. The number of amides is 1. The molecule has 1 aliphatic heterocycles. The highest BCUT2D eigenvalue weighted by Gasteiger charge is 2.46. The molecule has 0 saturated heterocycles. The van der Waals surface area contributed by atoms with Crippen LogP contribution in [-0.4, -0.2) is 15.5 Å². The second-order valence-corrected chi connectivity index (χ2v) is 6.91. The van der Waals surface area contributed by atoms with E-state index in [1.807, 2.05) is 31.3 Å². The lowest BCUT2D eigenvalue weighted by atomic mass is 9.95. The van der Waals surface area contributed by atoms with E-state index in [1.54, 1.807) is 6.07 Å². The third-order valence-corrected chi connectivity index (χ3v) is 5.32. The van der Waals surface area contributed by atoms with Gasteiger partial charge >= 0.3 is 0 Å². The molecule has 0 bridgehead atoms. The van der Waals surface area contributed by atoms with Gasteiger partial charge in [0.25, 0.3) is 0 Å². The summed E-state index contributed by atoms with van der Waals surface area (Å²) in [4.78, 5) is 17.2. The van der Waals surface area contributed by atoms with Crippen LogP contribution in [0.5, 0.6) is 0 Å². The van der Waals surface area contributed by atoms with E-state index in [-0.39, 0.29) is 17.4 Å². The van der Waals surface area contributed by atoms with Crippen LogP contribution < -0.4 is 5.32 Å². The van der Waals surface area contributed by atoms with Crippen LogP contribution in [0.2, 0.25) is 0 Å². The molecule has 5 nitrogen and oxygen atoms in total. The number of hydrogen-bond donors (Lipinski definition) is 1. The topological polar surface area (TPSA) is 70.7 Å². The van der Waals surface area contributed by atoms with E-state index in [0.29, 0.717) is 12.1 Å². The Balaban J connectivity index is 1.50. The molecule has 4 rings (SSSR count). The van der Waals surface area contributed by atoms with Gasteiger partial charge in [0.2, 0.25) is 5.91 Å². The van der Waals surface area contributed by atoms with Crippen LogP contribution in [0.15, 0.2) is 30.5 Å². The van der Waals surface area contributed by atoms with Gasteiger partial charge in [-0.1, -0.05) is 12.1 Å². The number of nitrogens with one attached hydrogen (secondary N) is 1. The van der Waals surface area contributed by atoms with Gasteiger partial charge in [0.15, 0.2) is 0 Å². The Morgan fingerprint density at radius 3 is 3.04 bits per heavy atom. The van der Waals surface area contributed by atoms with Crippen molar-refractivity contribution >= 4 is 5.91 Å². The summed E-state index contributed by atoms with van der Waals surface area (Å²) in [6.45, 7) is 2.70. The Labute approximate surface area is 141 Å². The number of aryl methyl sites for hydroxylation is 2. The summed E-state index contributed by atoms with van der Waals surface area (Å²) in [5.41, 5.74) is 2.64. The van der Waals surface area contributed by atoms with Gasteiger partial charge in [0.05, 0.1) is 23.1 Å². The van der Waals surface area contributed by atoms with Gasteiger partial charge in [-0.15, -0.1) is 0 Å². The largest absolute Gasteiger partial charge is 0.346 e. The predicted molar refractivity (Wildman–Crippen MR) is 89.0 cm³/mol. The quantitative estimate of drug-likeness (QED) is 0.944. The number of hydrogen-bond acceptors (Lipinski definition) is 3. The number of carbonyl (C=O) groups excluding carboxylic acids is 1. The number of rotatable bonds is 3. The van der Waals surface area contributed by atoms with Crippen LogP contribution in [0.1, 0.15) is 41.9 Å². The van der Waals surface area contributed by atoms with Crippen molar-refractivity contribution in [3.8, 4) is 6.07 Å². The molecule has 2 aliphatic rings. The van der Waals surface area contributed by atoms with E-state index in [1.165, 1.54) is 5.69 Å². The SMILES string of the molecule is Cc1ncc2n1C[C@@H](C(=O)NC1(c3cccc(C#N)c3)CC1)CC2. The third kappa shape index (κ3) is 2.48. The van der Waals surface area contributed by atoms with Crippen molar-refractivity contribution in [1.82, 2.24) is 14.9 Å². The average molecular weight is 320 g/mol. The van der Waals surface area contributed by atoms with Crippen molar-refractivity contribution in [1.29, 1.82) is 5.26 Å². The zero-order valence-corrected chi connectivity index (χ0v) is 13.7. The summed E-state index contributed by atoms with van der Waals surface area (Å²) in [5.74, 6) is 1.08. The fourth-order valence-electron chi connectivity index (χ4n) is 3.65. The fraction of sp³-hybridized carbons (Fsp3) is 0.421. The van der Waals surface area contributed by atoms with Crippen molar-refractivity contribution in [2.24, 2.45) is 5.92 Å². The van der Waals surface area contributed by atoms with Gasteiger partial charge in [0.1, 0.15) is 5.82 Å². The Bertz CT molecular complexity index is 841. The first-order valence-electron chi connectivity index (χ1n) is 8.45. The molecule has 122 valence electrons. The maximum absolute atomic E-state index is 12.8. The third-order valence-electron chi connectivity index (χ3n) is 5.32. The highest BCUT2D eigenvalue weighted by Crippen LogP contribution is 2.46. The number of aromatic nitrogens is 2. The standard InChI is InChI=1S/C19H20N4O/c1-13-21-11-17-6-5-15(12-23(13)17)18(24)22-19(7-8-19)16-4-2-3-14(9-16)10-20/h2-4,9,11,15H,5-8,12H2,1H3,(H,22,24)/t15-/m0/s1. The minimum atomic E-state index is -0.270. The molecule has 5 heteroatoms. The zero-order chi connectivity index (χ0) is 16.7. The van der Waals surface area contributed by atoms with Gasteiger partial charge in [-0.05, 0) is 50.3 Å². The Kier molecular flexibility index (Phi) is 3.42. The molecule has 1 aromatic heterocycles. The van der Waals surface area contributed by atoms with E-state index in [4.69, 9.17) is 5.26 Å². The number of nitriles is 1. The van der Waals surface area contributed by atoms with Gasteiger partial charge in [-0.2, -0.15) is 5.26 Å². The van der Waals surface area contributed by atoms with Crippen LogP contribution in [0, 0.1) is 24.2 Å². The molecule has 1 N–H and O–H groups in total. The molecule has 1 atom stereocenters. The molecule has 1 aromatic carbocycles. The molecule has 1 fully saturated rings. The van der Waals surface area contributed by atoms with Gasteiger partial charge in [-0.25, -0.2) is 4.98 Å². The Morgan fingerprint density at radius 2 is 2.29 bits per heavy atom. The van der Waals surface area contributed by atoms with Crippen molar-refractivity contribution in [2.75, 3.05) is 0 Å². The molecule has 0 spiro atoms. The summed E-state index contributed by atoms with van der Waals surface area (Å²) in [7, 11) is 0. The molecule has 2 aromatic rings. The van der Waals surface area contributed by atoms with Crippen molar-refractivity contribution in [3.63, 3.8) is 0 Å². The first kappa shape index (κ1) is 14.9. The normalized spacial score (nSPS) is 20.8. The van der Waals surface area contributed by atoms with Crippen LogP contribution in [0.4, 0.5) is 0 Å². The average Bonchev–Trinajstić information content (AvgIpc) is 3.31. The van der Waals surface area contributed by atoms with Crippen molar-refractivity contribution < 1.29 is 4.79 Å². The first-order chi connectivity index (χ1) is 11.6. The summed E-state index contributed by atoms with van der Waals surface area (Å²) in [6, 6.07) is 9.77. The highest BCUT2D eigenvalue weighted by molar-refractivity contribution is 5.80. The molecule has 1 aliphatic carbocycles. The van der Waals surface area contributed by atoms with Crippen LogP contribution >= 0.6 is 0 Å². The molecular formula is C19H20N4O.